The summed E-state index contributed by atoms with van der Waals surface area (Å²) >= 11 is 1.94. The highest BCUT2D eigenvalue weighted by molar-refractivity contribution is 8.00. The predicted molar refractivity (Wildman–Crippen MR) is 77.9 cm³/mol. The van der Waals surface area contributed by atoms with Crippen LogP contribution in [0.5, 0.6) is 0 Å². The third-order valence-electron chi connectivity index (χ3n) is 4.94. The number of carboxylic acids is 1. The van der Waals surface area contributed by atoms with Crippen LogP contribution < -0.4 is 0 Å². The molecular weight excluding hydrogens is 276 g/mol. The summed E-state index contributed by atoms with van der Waals surface area (Å²) in [4.78, 5) is 27.9. The lowest BCUT2D eigenvalue weighted by Crippen LogP contribution is -2.50. The van der Waals surface area contributed by atoms with Crippen molar-refractivity contribution in [2.75, 3.05) is 18.8 Å². The highest BCUT2D eigenvalue weighted by atomic mass is 32.2. The zero-order valence-corrected chi connectivity index (χ0v) is 12.6. The fourth-order valence-corrected chi connectivity index (χ4v) is 5.04. The summed E-state index contributed by atoms with van der Waals surface area (Å²) in [6, 6.07) is 0.169. The van der Waals surface area contributed by atoms with Crippen molar-refractivity contribution < 1.29 is 14.7 Å². The van der Waals surface area contributed by atoms with Crippen molar-refractivity contribution in [1.82, 2.24) is 9.80 Å². The Morgan fingerprint density at radius 1 is 1.35 bits per heavy atom. The Labute approximate surface area is 123 Å². The van der Waals surface area contributed by atoms with Crippen molar-refractivity contribution in [2.45, 2.75) is 49.9 Å². The van der Waals surface area contributed by atoms with Gasteiger partial charge in [0.25, 0.3) is 0 Å². The molecule has 3 fully saturated rings. The summed E-state index contributed by atoms with van der Waals surface area (Å²) < 4.78 is 0. The molecule has 0 aromatic rings. The van der Waals surface area contributed by atoms with Crippen LogP contribution >= 0.6 is 11.8 Å². The SMILES string of the molecule is CCC1CN(C(=O)N2C3CCC2C(C(=O)O)C3)CCS1. The van der Waals surface area contributed by atoms with Crippen LogP contribution in [0.1, 0.15) is 32.6 Å². The first kappa shape index (κ1) is 14.0. The number of nitrogens with zero attached hydrogens (tertiary/aromatic N) is 2. The first-order valence-corrected chi connectivity index (χ1v) is 8.58. The molecule has 112 valence electrons. The van der Waals surface area contributed by atoms with Gasteiger partial charge in [0.2, 0.25) is 0 Å². The van der Waals surface area contributed by atoms with E-state index in [2.05, 4.69) is 6.92 Å². The quantitative estimate of drug-likeness (QED) is 0.845. The molecule has 3 heterocycles. The maximum Gasteiger partial charge on any atom is 0.320 e. The predicted octanol–water partition coefficient (Wildman–Crippen LogP) is 1.87. The molecule has 5 nitrogen and oxygen atoms in total. The van der Waals surface area contributed by atoms with Crippen LogP contribution in [0.25, 0.3) is 0 Å². The number of urea groups is 1. The fraction of sp³-hybridized carbons (Fsp3) is 0.857. The van der Waals surface area contributed by atoms with Crippen LogP contribution in [-0.2, 0) is 4.79 Å². The van der Waals surface area contributed by atoms with Crippen molar-refractivity contribution in [1.29, 1.82) is 0 Å². The molecule has 2 amide bonds. The van der Waals surface area contributed by atoms with E-state index in [4.69, 9.17) is 0 Å². The maximum absolute atomic E-state index is 12.7. The van der Waals surface area contributed by atoms with Crippen LogP contribution in [0.4, 0.5) is 4.79 Å². The number of fused-ring (bicyclic) bond motifs is 2. The van der Waals surface area contributed by atoms with Gasteiger partial charge in [0.15, 0.2) is 0 Å². The molecule has 4 unspecified atom stereocenters. The molecule has 2 bridgehead atoms. The molecular formula is C14H22N2O3S. The number of hydrogen-bond donors (Lipinski definition) is 1. The molecule has 3 aliphatic rings. The molecule has 3 rings (SSSR count). The molecule has 0 aromatic heterocycles. The summed E-state index contributed by atoms with van der Waals surface area (Å²) in [6.07, 6.45) is 3.55. The van der Waals surface area contributed by atoms with Crippen LogP contribution in [-0.4, -0.2) is 63.1 Å². The number of amides is 2. The van der Waals surface area contributed by atoms with Gasteiger partial charge in [-0.25, -0.2) is 4.79 Å². The lowest BCUT2D eigenvalue weighted by atomic mass is 9.89. The van der Waals surface area contributed by atoms with Gasteiger partial charge in [-0.3, -0.25) is 4.79 Å². The summed E-state index contributed by atoms with van der Waals surface area (Å²) in [6.45, 7) is 3.77. The lowest BCUT2D eigenvalue weighted by Gasteiger charge is -2.36. The second kappa shape index (κ2) is 5.47. The van der Waals surface area contributed by atoms with Crippen molar-refractivity contribution >= 4 is 23.8 Å². The van der Waals surface area contributed by atoms with Gasteiger partial charge in [-0.2, -0.15) is 11.8 Å². The summed E-state index contributed by atoms with van der Waals surface area (Å²) in [7, 11) is 0. The molecule has 6 heteroatoms. The number of carboxylic acid groups (broad SMARTS) is 1. The van der Waals surface area contributed by atoms with E-state index in [-0.39, 0.29) is 24.0 Å². The monoisotopic (exact) mass is 298 g/mol. The molecule has 0 aliphatic carbocycles. The largest absolute Gasteiger partial charge is 0.481 e. The lowest BCUT2D eigenvalue weighted by molar-refractivity contribution is -0.142. The number of aliphatic carboxylic acids is 1. The van der Waals surface area contributed by atoms with E-state index in [9.17, 15) is 14.7 Å². The van der Waals surface area contributed by atoms with Crippen molar-refractivity contribution in [3.8, 4) is 0 Å². The molecule has 4 atom stereocenters. The van der Waals surface area contributed by atoms with E-state index in [1.807, 2.05) is 21.6 Å². The zero-order chi connectivity index (χ0) is 14.3. The molecule has 0 aromatic carbocycles. The smallest absolute Gasteiger partial charge is 0.320 e. The minimum atomic E-state index is -0.740. The topological polar surface area (TPSA) is 60.9 Å². The second-order valence-corrected chi connectivity index (χ2v) is 7.42. The van der Waals surface area contributed by atoms with Crippen molar-refractivity contribution in [2.24, 2.45) is 5.92 Å². The van der Waals surface area contributed by atoms with Crippen molar-refractivity contribution in [3.05, 3.63) is 0 Å². The number of hydrogen-bond acceptors (Lipinski definition) is 3. The van der Waals surface area contributed by atoms with E-state index in [1.54, 1.807) is 0 Å². The molecule has 0 saturated carbocycles. The van der Waals surface area contributed by atoms with Gasteiger partial charge >= 0.3 is 12.0 Å². The summed E-state index contributed by atoms with van der Waals surface area (Å²) in [5.74, 6) is -0.0926. The van der Waals surface area contributed by atoms with Crippen LogP contribution in [0.2, 0.25) is 0 Å². The highest BCUT2D eigenvalue weighted by Crippen LogP contribution is 2.42. The first-order chi connectivity index (χ1) is 9.61. The molecule has 1 N–H and O–H groups in total. The third kappa shape index (κ3) is 2.28. The second-order valence-electron chi connectivity index (χ2n) is 6.02. The maximum atomic E-state index is 12.7. The Morgan fingerprint density at radius 2 is 2.15 bits per heavy atom. The summed E-state index contributed by atoms with van der Waals surface area (Å²) in [5, 5.41) is 9.80. The van der Waals surface area contributed by atoms with Crippen LogP contribution in [0, 0.1) is 5.92 Å². The van der Waals surface area contributed by atoms with Gasteiger partial charge in [-0.05, 0) is 25.7 Å². The minimum absolute atomic E-state index is 0.0698. The Morgan fingerprint density at radius 3 is 2.80 bits per heavy atom. The molecule has 0 radical (unpaired) electrons. The van der Waals surface area contributed by atoms with Crippen molar-refractivity contribution in [3.63, 3.8) is 0 Å². The normalized spacial score (nSPS) is 36.5. The van der Waals surface area contributed by atoms with Gasteiger partial charge in [0, 0.05) is 36.2 Å². The number of carbonyl (C=O) groups is 2. The zero-order valence-electron chi connectivity index (χ0n) is 11.8. The van der Waals surface area contributed by atoms with E-state index in [0.717, 1.165) is 38.1 Å². The van der Waals surface area contributed by atoms with Gasteiger partial charge in [-0.15, -0.1) is 0 Å². The Bertz CT molecular complexity index is 417. The third-order valence-corrected chi connectivity index (χ3v) is 6.31. The van der Waals surface area contributed by atoms with E-state index < -0.39 is 5.97 Å². The Kier molecular flexibility index (Phi) is 3.84. The standard InChI is InChI=1S/C14H22N2O3S/c1-2-10-8-15(5-6-20-10)14(19)16-9-3-4-12(16)11(7-9)13(17)18/h9-12H,2-8H2,1H3,(H,17,18). The number of rotatable bonds is 2. The van der Waals surface area contributed by atoms with Crippen LogP contribution in [0.3, 0.4) is 0 Å². The van der Waals surface area contributed by atoms with E-state index >= 15 is 0 Å². The van der Waals surface area contributed by atoms with E-state index in [0.29, 0.717) is 11.7 Å². The number of carbonyl (C=O) groups excluding carboxylic acids is 1. The Balaban J connectivity index is 1.70. The molecule has 3 aliphatic heterocycles. The average Bonchev–Trinajstić information content (AvgIpc) is 3.04. The van der Waals surface area contributed by atoms with E-state index in [1.165, 1.54) is 0 Å². The molecule has 0 spiro atoms. The van der Waals surface area contributed by atoms with Gasteiger partial charge in [0.1, 0.15) is 0 Å². The highest BCUT2D eigenvalue weighted by Gasteiger charge is 2.52. The Hall–Kier alpha value is -0.910. The minimum Gasteiger partial charge on any atom is -0.481 e. The van der Waals surface area contributed by atoms with Gasteiger partial charge < -0.3 is 14.9 Å². The van der Waals surface area contributed by atoms with Gasteiger partial charge in [-0.1, -0.05) is 6.92 Å². The average molecular weight is 298 g/mol. The molecule has 20 heavy (non-hydrogen) atoms. The first-order valence-electron chi connectivity index (χ1n) is 7.53. The fourth-order valence-electron chi connectivity index (χ4n) is 3.86. The number of thioether (sulfide) groups is 1. The summed E-state index contributed by atoms with van der Waals surface area (Å²) in [5.41, 5.74) is 0. The van der Waals surface area contributed by atoms with Gasteiger partial charge in [0.05, 0.1) is 5.92 Å². The molecule has 3 saturated heterocycles. The van der Waals surface area contributed by atoms with Crippen LogP contribution in [0.15, 0.2) is 0 Å².